The Balaban J connectivity index is 1.63. The molecule has 1 saturated heterocycles. The van der Waals surface area contributed by atoms with E-state index in [0.717, 1.165) is 30.1 Å². The van der Waals surface area contributed by atoms with Gasteiger partial charge in [-0.15, -0.1) is 11.3 Å². The van der Waals surface area contributed by atoms with Crippen molar-refractivity contribution in [2.24, 2.45) is 0 Å². The zero-order valence-electron chi connectivity index (χ0n) is 12.5. The van der Waals surface area contributed by atoms with Crippen LogP contribution in [0.3, 0.4) is 0 Å². The lowest BCUT2D eigenvalue weighted by Crippen LogP contribution is -2.30. The number of thiazole rings is 1. The number of rotatable bonds is 3. The summed E-state index contributed by atoms with van der Waals surface area (Å²) in [6, 6.07) is 9.59. The zero-order valence-corrected chi connectivity index (χ0v) is 13.3. The molecule has 116 valence electrons. The van der Waals surface area contributed by atoms with Gasteiger partial charge in [-0.25, -0.2) is 9.67 Å². The summed E-state index contributed by atoms with van der Waals surface area (Å²) >= 11 is 1.62. The van der Waals surface area contributed by atoms with Crippen molar-refractivity contribution in [3.05, 3.63) is 64.9 Å². The molecule has 23 heavy (non-hydrogen) atoms. The summed E-state index contributed by atoms with van der Waals surface area (Å²) in [7, 11) is 0. The second kappa shape index (κ2) is 5.96. The maximum Gasteiger partial charge on any atom is 0.254 e. The van der Waals surface area contributed by atoms with Crippen LogP contribution in [-0.4, -0.2) is 32.1 Å². The Kier molecular flexibility index (Phi) is 3.67. The second-order valence-corrected chi connectivity index (χ2v) is 6.45. The lowest BCUT2D eigenvalue weighted by molar-refractivity contribution is 0.0735. The molecular formula is C17H16N4OS. The van der Waals surface area contributed by atoms with Crippen molar-refractivity contribution in [2.45, 2.75) is 18.9 Å². The number of carbonyl (C=O) groups is 1. The molecule has 0 aliphatic carbocycles. The fourth-order valence-electron chi connectivity index (χ4n) is 3.03. The SMILES string of the molecule is O=C(c1cccc(-n2cccn2)c1)N1CCCC1c1nccs1. The molecule has 0 radical (unpaired) electrons. The van der Waals surface area contributed by atoms with Crippen LogP contribution in [0.1, 0.15) is 34.2 Å². The highest BCUT2D eigenvalue weighted by molar-refractivity contribution is 7.09. The average molecular weight is 324 g/mol. The van der Waals surface area contributed by atoms with Crippen LogP contribution >= 0.6 is 11.3 Å². The topological polar surface area (TPSA) is 51.0 Å². The van der Waals surface area contributed by atoms with E-state index in [2.05, 4.69) is 10.1 Å². The van der Waals surface area contributed by atoms with Gasteiger partial charge in [-0.1, -0.05) is 6.07 Å². The number of likely N-dealkylation sites (tertiary alicyclic amines) is 1. The van der Waals surface area contributed by atoms with Crippen LogP contribution in [0.4, 0.5) is 0 Å². The summed E-state index contributed by atoms with van der Waals surface area (Å²) in [6.07, 6.45) is 7.41. The molecular weight excluding hydrogens is 308 g/mol. The molecule has 1 fully saturated rings. The quantitative estimate of drug-likeness (QED) is 0.743. The highest BCUT2D eigenvalue weighted by atomic mass is 32.1. The van der Waals surface area contributed by atoms with Gasteiger partial charge in [0.05, 0.1) is 11.7 Å². The molecule has 1 amide bonds. The summed E-state index contributed by atoms with van der Waals surface area (Å²) in [6.45, 7) is 0.787. The number of nitrogens with zero attached hydrogens (tertiary/aromatic N) is 4. The van der Waals surface area contributed by atoms with Crippen molar-refractivity contribution in [3.8, 4) is 5.69 Å². The van der Waals surface area contributed by atoms with E-state index in [0.29, 0.717) is 5.56 Å². The molecule has 3 heterocycles. The Morgan fingerprint density at radius 3 is 3.00 bits per heavy atom. The Bertz CT molecular complexity index is 798. The van der Waals surface area contributed by atoms with Crippen molar-refractivity contribution in [1.29, 1.82) is 0 Å². The van der Waals surface area contributed by atoms with Gasteiger partial charge in [0.25, 0.3) is 5.91 Å². The van der Waals surface area contributed by atoms with E-state index in [1.807, 2.05) is 46.8 Å². The van der Waals surface area contributed by atoms with Gasteiger partial charge >= 0.3 is 0 Å². The number of amides is 1. The molecule has 3 aromatic rings. The standard InChI is InChI=1S/C17H16N4OS/c22-17(20-9-2-6-15(20)16-18-8-11-23-16)13-4-1-5-14(12-13)21-10-3-7-19-21/h1,3-5,7-8,10-12,15H,2,6,9H2. The summed E-state index contributed by atoms with van der Waals surface area (Å²) < 4.78 is 1.76. The molecule has 1 aromatic carbocycles. The largest absolute Gasteiger partial charge is 0.329 e. The van der Waals surface area contributed by atoms with Gasteiger partial charge in [-0.3, -0.25) is 4.79 Å². The lowest BCUT2D eigenvalue weighted by Gasteiger charge is -2.23. The lowest BCUT2D eigenvalue weighted by atomic mass is 10.1. The van der Waals surface area contributed by atoms with Crippen LogP contribution in [0.25, 0.3) is 5.69 Å². The van der Waals surface area contributed by atoms with Gasteiger partial charge in [0, 0.05) is 36.1 Å². The second-order valence-electron chi connectivity index (χ2n) is 5.53. The summed E-state index contributed by atoms with van der Waals surface area (Å²) in [4.78, 5) is 19.3. The third kappa shape index (κ3) is 2.66. The van der Waals surface area contributed by atoms with E-state index in [4.69, 9.17) is 0 Å². The number of benzene rings is 1. The normalized spacial score (nSPS) is 17.6. The first-order chi connectivity index (χ1) is 11.3. The minimum atomic E-state index is 0.0664. The van der Waals surface area contributed by atoms with Crippen molar-refractivity contribution in [3.63, 3.8) is 0 Å². The van der Waals surface area contributed by atoms with Gasteiger partial charge in [0.2, 0.25) is 0 Å². The van der Waals surface area contributed by atoms with Crippen molar-refractivity contribution < 1.29 is 4.79 Å². The van der Waals surface area contributed by atoms with Crippen molar-refractivity contribution >= 4 is 17.2 Å². The Morgan fingerprint density at radius 2 is 2.22 bits per heavy atom. The maximum absolute atomic E-state index is 12.9. The monoisotopic (exact) mass is 324 g/mol. The van der Waals surface area contributed by atoms with Gasteiger partial charge in [-0.2, -0.15) is 5.10 Å². The van der Waals surface area contributed by atoms with E-state index in [9.17, 15) is 4.79 Å². The highest BCUT2D eigenvalue weighted by Gasteiger charge is 2.32. The predicted molar refractivity (Wildman–Crippen MR) is 88.7 cm³/mol. The summed E-state index contributed by atoms with van der Waals surface area (Å²) in [5.74, 6) is 0.0664. The summed E-state index contributed by atoms with van der Waals surface area (Å²) in [5, 5.41) is 7.22. The van der Waals surface area contributed by atoms with Gasteiger partial charge < -0.3 is 4.90 Å². The van der Waals surface area contributed by atoms with E-state index in [-0.39, 0.29) is 11.9 Å². The highest BCUT2D eigenvalue weighted by Crippen LogP contribution is 2.34. The first-order valence-corrected chi connectivity index (χ1v) is 8.51. The van der Waals surface area contributed by atoms with Gasteiger partial charge in [0.1, 0.15) is 5.01 Å². The van der Waals surface area contributed by atoms with E-state index < -0.39 is 0 Å². The number of hydrogen-bond acceptors (Lipinski definition) is 4. The van der Waals surface area contributed by atoms with Crippen LogP contribution in [-0.2, 0) is 0 Å². The molecule has 0 N–H and O–H groups in total. The van der Waals surface area contributed by atoms with Crippen LogP contribution in [0, 0.1) is 0 Å². The van der Waals surface area contributed by atoms with Crippen LogP contribution in [0.5, 0.6) is 0 Å². The van der Waals surface area contributed by atoms with Crippen molar-refractivity contribution in [1.82, 2.24) is 19.7 Å². The van der Waals surface area contributed by atoms with E-state index >= 15 is 0 Å². The molecule has 1 aliphatic rings. The minimum absolute atomic E-state index is 0.0664. The minimum Gasteiger partial charge on any atom is -0.329 e. The third-order valence-corrected chi connectivity index (χ3v) is 4.99. The molecule has 2 aromatic heterocycles. The maximum atomic E-state index is 12.9. The molecule has 6 heteroatoms. The van der Waals surface area contributed by atoms with E-state index in [1.54, 1.807) is 28.4 Å². The molecule has 0 saturated carbocycles. The van der Waals surface area contributed by atoms with Crippen LogP contribution < -0.4 is 0 Å². The summed E-state index contributed by atoms with van der Waals surface area (Å²) in [5.41, 5.74) is 1.59. The van der Waals surface area contributed by atoms with E-state index in [1.165, 1.54) is 0 Å². The number of aromatic nitrogens is 3. The van der Waals surface area contributed by atoms with Crippen molar-refractivity contribution in [2.75, 3.05) is 6.54 Å². The molecule has 0 bridgehead atoms. The smallest absolute Gasteiger partial charge is 0.254 e. The predicted octanol–water partition coefficient (Wildman–Crippen LogP) is 3.31. The molecule has 4 rings (SSSR count). The van der Waals surface area contributed by atoms with Gasteiger partial charge in [-0.05, 0) is 37.1 Å². The molecule has 0 spiro atoms. The van der Waals surface area contributed by atoms with Crippen LogP contribution in [0.2, 0.25) is 0 Å². The molecule has 1 aliphatic heterocycles. The third-order valence-electron chi connectivity index (χ3n) is 4.11. The Labute approximate surface area is 138 Å². The van der Waals surface area contributed by atoms with Crippen LogP contribution in [0.15, 0.2) is 54.3 Å². The molecule has 5 nitrogen and oxygen atoms in total. The molecule has 1 unspecified atom stereocenters. The zero-order chi connectivity index (χ0) is 15.6. The Morgan fingerprint density at radius 1 is 1.26 bits per heavy atom. The Hall–Kier alpha value is -2.47. The molecule has 1 atom stereocenters. The number of carbonyl (C=O) groups excluding carboxylic acids is 1. The first kappa shape index (κ1) is 14.1. The average Bonchev–Trinajstić information content (AvgIpc) is 3.35. The van der Waals surface area contributed by atoms with Gasteiger partial charge in [0.15, 0.2) is 0 Å². The first-order valence-electron chi connectivity index (χ1n) is 7.63. The fraction of sp³-hybridized carbons (Fsp3) is 0.235. The fourth-order valence-corrected chi connectivity index (χ4v) is 3.82. The number of hydrogen-bond donors (Lipinski definition) is 0.